The van der Waals surface area contributed by atoms with E-state index in [0.717, 1.165) is 36.0 Å². The van der Waals surface area contributed by atoms with Crippen LogP contribution in [0.4, 0.5) is 27.6 Å². The van der Waals surface area contributed by atoms with Gasteiger partial charge in [-0.2, -0.15) is 13.2 Å². The lowest BCUT2D eigenvalue weighted by molar-refractivity contribution is -0.137. The van der Waals surface area contributed by atoms with Crippen LogP contribution in [0, 0.1) is 11.8 Å². The third-order valence-electron chi connectivity index (χ3n) is 7.66. The first-order valence-electron chi connectivity index (χ1n) is 11.9. The SMILES string of the molecule is C[C@@H](NC(=O)c1cn([C@H]2CCC2(F)F)c(=O)cc1N[C@@H]1[C@@H]2CN(C)C[C@@H]21)c1cccc(C(F)(F)F)c1. The van der Waals surface area contributed by atoms with Crippen LogP contribution in [-0.4, -0.2) is 47.5 Å². The molecule has 5 atom stereocenters. The highest BCUT2D eigenvalue weighted by Gasteiger charge is 2.55. The fourth-order valence-corrected chi connectivity index (χ4v) is 5.40. The van der Waals surface area contributed by atoms with E-state index >= 15 is 0 Å². The number of hydrogen-bond acceptors (Lipinski definition) is 4. The van der Waals surface area contributed by atoms with Crippen molar-refractivity contribution in [1.29, 1.82) is 0 Å². The summed E-state index contributed by atoms with van der Waals surface area (Å²) in [6, 6.07) is 3.74. The van der Waals surface area contributed by atoms with Crippen LogP contribution in [-0.2, 0) is 6.18 Å². The van der Waals surface area contributed by atoms with Crippen molar-refractivity contribution in [3.05, 3.63) is 63.6 Å². The molecule has 11 heteroatoms. The van der Waals surface area contributed by atoms with Crippen molar-refractivity contribution in [2.45, 2.75) is 50.0 Å². The van der Waals surface area contributed by atoms with E-state index in [1.165, 1.54) is 25.1 Å². The van der Waals surface area contributed by atoms with Crippen molar-refractivity contribution in [2.24, 2.45) is 11.8 Å². The fourth-order valence-electron chi connectivity index (χ4n) is 5.40. The molecule has 2 N–H and O–H groups in total. The summed E-state index contributed by atoms with van der Waals surface area (Å²) < 4.78 is 68.5. The maximum Gasteiger partial charge on any atom is 0.416 e. The second-order valence-corrected chi connectivity index (χ2v) is 10.2. The molecule has 3 aliphatic rings. The highest BCUT2D eigenvalue weighted by molar-refractivity contribution is 5.99. The van der Waals surface area contributed by atoms with E-state index in [4.69, 9.17) is 0 Å². The first-order valence-corrected chi connectivity index (χ1v) is 11.9. The minimum absolute atomic E-state index is 0.00875. The van der Waals surface area contributed by atoms with Crippen molar-refractivity contribution >= 4 is 11.6 Å². The molecule has 36 heavy (non-hydrogen) atoms. The zero-order valence-corrected chi connectivity index (χ0v) is 19.8. The van der Waals surface area contributed by atoms with E-state index in [9.17, 15) is 31.5 Å². The van der Waals surface area contributed by atoms with Gasteiger partial charge in [0.05, 0.1) is 22.9 Å². The molecule has 2 saturated carbocycles. The smallest absolute Gasteiger partial charge is 0.381 e. The lowest BCUT2D eigenvalue weighted by Gasteiger charge is -2.37. The van der Waals surface area contributed by atoms with Crippen LogP contribution in [0.1, 0.15) is 53.3 Å². The van der Waals surface area contributed by atoms with Gasteiger partial charge in [0, 0.05) is 37.8 Å². The zero-order chi connectivity index (χ0) is 26.0. The number of pyridine rings is 1. The second kappa shape index (κ2) is 8.57. The summed E-state index contributed by atoms with van der Waals surface area (Å²) in [6.45, 7) is 3.29. The van der Waals surface area contributed by atoms with Crippen LogP contribution in [0.2, 0.25) is 0 Å². The number of halogens is 5. The van der Waals surface area contributed by atoms with Crippen molar-refractivity contribution in [3.63, 3.8) is 0 Å². The van der Waals surface area contributed by atoms with Gasteiger partial charge in [0.15, 0.2) is 0 Å². The van der Waals surface area contributed by atoms with Crippen LogP contribution in [0.3, 0.4) is 0 Å². The zero-order valence-electron chi connectivity index (χ0n) is 19.8. The average Bonchev–Trinajstić information content (AvgIpc) is 3.24. The molecule has 1 amide bonds. The summed E-state index contributed by atoms with van der Waals surface area (Å²) in [5.41, 5.74) is -0.975. The number of hydrogen-bond donors (Lipinski definition) is 2. The summed E-state index contributed by atoms with van der Waals surface area (Å²) in [7, 11) is 2.01. The van der Waals surface area contributed by atoms with E-state index < -0.39 is 41.2 Å². The molecule has 194 valence electrons. The first-order chi connectivity index (χ1) is 16.8. The lowest BCUT2D eigenvalue weighted by atomic mass is 9.87. The second-order valence-electron chi connectivity index (χ2n) is 10.2. The predicted molar refractivity (Wildman–Crippen MR) is 123 cm³/mol. The number of likely N-dealkylation sites (tertiary alicyclic amines) is 1. The molecule has 0 bridgehead atoms. The van der Waals surface area contributed by atoms with E-state index in [-0.39, 0.29) is 35.7 Å². The molecule has 0 unspecified atom stereocenters. The number of amides is 1. The standard InChI is InChI=1S/C25H27F5N4O2/c1-13(14-4-3-5-15(8-14)25(28,29)30)31-23(36)18-12-34(20-6-7-24(20,26)27)21(35)9-19(18)32-22-16-10-33(2)11-17(16)22/h3-5,8-9,12-13,16-17,20,22,32H,6-7,10-11H2,1-2H3,(H,31,36)/t13-,16-,17+,20+,22-/m1/s1. The van der Waals surface area contributed by atoms with Gasteiger partial charge in [-0.15, -0.1) is 0 Å². The molecule has 0 spiro atoms. The van der Waals surface area contributed by atoms with E-state index in [1.54, 1.807) is 0 Å². The van der Waals surface area contributed by atoms with Crippen molar-refractivity contribution in [1.82, 2.24) is 14.8 Å². The number of carbonyl (C=O) groups is 1. The largest absolute Gasteiger partial charge is 0.416 e. The number of rotatable bonds is 6. The van der Waals surface area contributed by atoms with Gasteiger partial charge < -0.3 is 20.1 Å². The summed E-state index contributed by atoms with van der Waals surface area (Å²) in [6.07, 6.45) is -3.60. The molecule has 1 aromatic carbocycles. The van der Waals surface area contributed by atoms with Crippen LogP contribution >= 0.6 is 0 Å². The molecular weight excluding hydrogens is 483 g/mol. The van der Waals surface area contributed by atoms with E-state index in [2.05, 4.69) is 15.5 Å². The van der Waals surface area contributed by atoms with Gasteiger partial charge in [0.2, 0.25) is 0 Å². The van der Waals surface area contributed by atoms with Crippen molar-refractivity contribution < 1.29 is 26.7 Å². The number of piperidine rings is 1. The fraction of sp³-hybridized carbons (Fsp3) is 0.520. The Bertz CT molecular complexity index is 1230. The molecule has 0 radical (unpaired) electrons. The Morgan fingerprint density at radius 2 is 1.86 bits per heavy atom. The molecule has 1 aromatic heterocycles. The highest BCUT2D eigenvalue weighted by Crippen LogP contribution is 2.48. The normalized spacial score (nSPS) is 27.6. The number of nitrogens with one attached hydrogen (secondary N) is 2. The Balaban J connectivity index is 1.42. The molecule has 2 heterocycles. The lowest BCUT2D eigenvalue weighted by Crippen LogP contribution is -2.45. The maximum absolute atomic E-state index is 14.1. The van der Waals surface area contributed by atoms with Gasteiger partial charge in [-0.05, 0) is 49.9 Å². The van der Waals surface area contributed by atoms with Gasteiger partial charge in [-0.25, -0.2) is 8.78 Å². The maximum atomic E-state index is 14.1. The molecule has 2 aromatic rings. The Labute approximate surface area is 204 Å². The van der Waals surface area contributed by atoms with Crippen LogP contribution in [0.15, 0.2) is 41.3 Å². The third kappa shape index (κ3) is 4.49. The van der Waals surface area contributed by atoms with Gasteiger partial charge >= 0.3 is 6.18 Å². The summed E-state index contributed by atoms with van der Waals surface area (Å²) >= 11 is 0. The molecule has 1 aliphatic heterocycles. The van der Waals surface area contributed by atoms with Crippen LogP contribution < -0.4 is 16.2 Å². The van der Waals surface area contributed by atoms with Crippen molar-refractivity contribution in [3.8, 4) is 0 Å². The Hall–Kier alpha value is -2.95. The molecular formula is C25H27F5N4O2. The highest BCUT2D eigenvalue weighted by atomic mass is 19.4. The predicted octanol–water partition coefficient (Wildman–Crippen LogP) is 4.30. The van der Waals surface area contributed by atoms with Crippen LogP contribution in [0.5, 0.6) is 0 Å². The van der Waals surface area contributed by atoms with E-state index in [0.29, 0.717) is 11.8 Å². The number of benzene rings is 1. The number of fused-ring (bicyclic) bond motifs is 1. The number of nitrogens with zero attached hydrogens (tertiary/aromatic N) is 2. The monoisotopic (exact) mass is 510 g/mol. The summed E-state index contributed by atoms with van der Waals surface area (Å²) in [4.78, 5) is 28.2. The summed E-state index contributed by atoms with van der Waals surface area (Å²) in [5, 5.41) is 5.92. The molecule has 6 nitrogen and oxygen atoms in total. The van der Waals surface area contributed by atoms with Gasteiger partial charge in [0.25, 0.3) is 17.4 Å². The molecule has 3 fully saturated rings. The average molecular weight is 511 g/mol. The van der Waals surface area contributed by atoms with Gasteiger partial charge in [-0.3, -0.25) is 9.59 Å². The topological polar surface area (TPSA) is 66.4 Å². The Morgan fingerprint density at radius 3 is 2.44 bits per heavy atom. The Morgan fingerprint density at radius 1 is 1.17 bits per heavy atom. The number of aromatic nitrogens is 1. The number of carbonyl (C=O) groups excluding carboxylic acids is 1. The van der Waals surface area contributed by atoms with Gasteiger partial charge in [0.1, 0.15) is 6.04 Å². The Kier molecular flexibility index (Phi) is 5.89. The van der Waals surface area contributed by atoms with E-state index in [1.807, 2.05) is 7.05 Å². The summed E-state index contributed by atoms with van der Waals surface area (Å²) in [5.74, 6) is -2.97. The van der Waals surface area contributed by atoms with Gasteiger partial charge in [-0.1, -0.05) is 12.1 Å². The molecule has 1 saturated heterocycles. The minimum Gasteiger partial charge on any atom is -0.381 e. The molecule has 5 rings (SSSR count). The number of anilines is 1. The first kappa shape index (κ1) is 24.7. The quantitative estimate of drug-likeness (QED) is 0.569. The third-order valence-corrected chi connectivity index (χ3v) is 7.66. The molecule has 2 aliphatic carbocycles. The van der Waals surface area contributed by atoms with Crippen molar-refractivity contribution in [2.75, 3.05) is 25.5 Å². The minimum atomic E-state index is -4.53. The van der Waals surface area contributed by atoms with Crippen LogP contribution in [0.25, 0.3) is 0 Å². The number of alkyl halides is 5.